The van der Waals surface area contributed by atoms with Crippen molar-refractivity contribution in [3.63, 3.8) is 0 Å². The van der Waals surface area contributed by atoms with E-state index in [1.807, 2.05) is 39.8 Å². The minimum Gasteiger partial charge on any atom is -0.486 e. The number of pyridine rings is 1. The molecule has 2 aromatic rings. The first-order valence-electron chi connectivity index (χ1n) is 9.65. The molecule has 1 aliphatic rings. The van der Waals surface area contributed by atoms with Gasteiger partial charge in [-0.05, 0) is 63.6 Å². The van der Waals surface area contributed by atoms with E-state index >= 15 is 0 Å². The van der Waals surface area contributed by atoms with Gasteiger partial charge < -0.3 is 15.4 Å². The second kappa shape index (κ2) is 9.60. The van der Waals surface area contributed by atoms with Gasteiger partial charge in [-0.1, -0.05) is 11.6 Å². The molecular weight excluding hydrogens is 428 g/mol. The summed E-state index contributed by atoms with van der Waals surface area (Å²) in [6, 6.07) is 7.78. The molecule has 9 heteroatoms. The lowest BCUT2D eigenvalue weighted by Crippen LogP contribution is -2.26. The number of amides is 2. The van der Waals surface area contributed by atoms with E-state index in [2.05, 4.69) is 15.6 Å². The van der Waals surface area contributed by atoms with Crippen LogP contribution in [0.1, 0.15) is 55.4 Å². The van der Waals surface area contributed by atoms with Crippen molar-refractivity contribution in [1.82, 2.24) is 15.6 Å². The van der Waals surface area contributed by atoms with Crippen LogP contribution in [0.4, 0.5) is 8.78 Å². The first-order valence-corrected chi connectivity index (χ1v) is 10.0. The van der Waals surface area contributed by atoms with Crippen molar-refractivity contribution in [2.75, 3.05) is 6.61 Å². The summed E-state index contributed by atoms with van der Waals surface area (Å²) in [5.41, 5.74) is 1.92. The molecule has 31 heavy (non-hydrogen) atoms. The van der Waals surface area contributed by atoms with E-state index in [0.717, 1.165) is 18.2 Å². The van der Waals surface area contributed by atoms with Gasteiger partial charge in [-0.15, -0.1) is 0 Å². The molecule has 2 amide bonds. The predicted molar refractivity (Wildman–Crippen MR) is 115 cm³/mol. The van der Waals surface area contributed by atoms with Crippen LogP contribution < -0.4 is 15.4 Å². The minimum absolute atomic E-state index is 0.101. The van der Waals surface area contributed by atoms with Crippen LogP contribution in [0, 0.1) is 6.92 Å². The lowest BCUT2D eigenvalue weighted by Gasteiger charge is -2.16. The van der Waals surface area contributed by atoms with Crippen LogP contribution in [0.25, 0.3) is 0 Å². The average molecular weight is 454 g/mol. The highest BCUT2D eigenvalue weighted by Crippen LogP contribution is 2.27. The van der Waals surface area contributed by atoms with E-state index in [0.29, 0.717) is 5.56 Å². The molecule has 1 unspecified atom stereocenters. The number of hydrogen-bond donors (Lipinski definition) is 2. The van der Waals surface area contributed by atoms with Crippen LogP contribution in [0.2, 0.25) is 5.02 Å². The molecule has 1 aliphatic heterocycles. The third-order valence-electron chi connectivity index (χ3n) is 4.37. The Morgan fingerprint density at radius 1 is 1.32 bits per heavy atom. The normalized spacial score (nSPS) is 15.2. The van der Waals surface area contributed by atoms with Gasteiger partial charge in [0.1, 0.15) is 11.3 Å². The molecule has 1 saturated heterocycles. The number of nitrogens with one attached hydrogen (secondary N) is 2. The zero-order valence-corrected chi connectivity index (χ0v) is 18.8. The van der Waals surface area contributed by atoms with Gasteiger partial charge >= 0.3 is 0 Å². The molecule has 3 rings (SSSR count). The molecule has 1 aromatic heterocycles. The third-order valence-corrected chi connectivity index (χ3v) is 4.67. The lowest BCUT2D eigenvalue weighted by molar-refractivity contribution is -0.111. The highest BCUT2D eigenvalue weighted by molar-refractivity contribution is 6.32. The van der Waals surface area contributed by atoms with Gasteiger partial charge in [-0.2, -0.15) is 0 Å². The molecule has 0 radical (unpaired) electrons. The highest BCUT2D eigenvalue weighted by Gasteiger charge is 2.43. The number of ether oxygens (including phenoxy) is 1. The number of aromatic nitrogens is 1. The zero-order chi connectivity index (χ0) is 23.4. The number of carbonyl (C=O) groups is 2. The monoisotopic (exact) mass is 453 g/mol. The summed E-state index contributed by atoms with van der Waals surface area (Å²) in [5, 5.41) is 5.59. The number of alkyl halides is 2. The summed E-state index contributed by atoms with van der Waals surface area (Å²) in [4.78, 5) is 26.6. The molecule has 0 spiro atoms. The van der Waals surface area contributed by atoms with Crippen molar-refractivity contribution in [3.05, 3.63) is 58.4 Å². The van der Waals surface area contributed by atoms with Crippen LogP contribution in [0.15, 0.2) is 36.5 Å². The van der Waals surface area contributed by atoms with Gasteiger partial charge in [0.15, 0.2) is 6.61 Å². The first-order chi connectivity index (χ1) is 14.3. The van der Waals surface area contributed by atoms with Crippen LogP contribution in [-0.4, -0.2) is 34.9 Å². The van der Waals surface area contributed by atoms with Crippen molar-refractivity contribution in [1.29, 1.82) is 0 Å². The number of benzene rings is 1. The summed E-state index contributed by atoms with van der Waals surface area (Å²) in [7, 11) is 0. The van der Waals surface area contributed by atoms with Crippen molar-refractivity contribution in [3.8, 4) is 5.75 Å². The lowest BCUT2D eigenvalue weighted by atomic mass is 10.1. The van der Waals surface area contributed by atoms with E-state index in [1.54, 1.807) is 6.20 Å². The molecule has 168 valence electrons. The maximum atomic E-state index is 12.8. The highest BCUT2D eigenvalue weighted by atomic mass is 35.5. The number of halogens is 3. The van der Waals surface area contributed by atoms with Crippen molar-refractivity contribution >= 4 is 23.4 Å². The third kappa shape index (κ3) is 7.79. The molecule has 2 heterocycles. The van der Waals surface area contributed by atoms with Crippen LogP contribution in [-0.2, 0) is 4.79 Å². The van der Waals surface area contributed by atoms with Crippen LogP contribution in [0.5, 0.6) is 5.75 Å². The van der Waals surface area contributed by atoms with E-state index < -0.39 is 12.5 Å². The van der Waals surface area contributed by atoms with Gasteiger partial charge in [0, 0.05) is 24.4 Å². The second-order valence-corrected chi connectivity index (χ2v) is 8.42. The average Bonchev–Trinajstić information content (AvgIpc) is 3.23. The molecule has 0 aliphatic carbocycles. The predicted octanol–water partition coefficient (Wildman–Crippen LogP) is 4.46. The van der Waals surface area contributed by atoms with Crippen molar-refractivity contribution in [2.45, 2.75) is 52.1 Å². The van der Waals surface area contributed by atoms with Gasteiger partial charge in [-0.25, -0.2) is 8.78 Å². The molecular formula is C22H26ClF2N3O3. The minimum atomic E-state index is -2.96. The Morgan fingerprint density at radius 2 is 1.94 bits per heavy atom. The van der Waals surface area contributed by atoms with E-state index in [1.165, 1.54) is 18.2 Å². The molecule has 0 saturated carbocycles. The number of hydrogen-bond acceptors (Lipinski definition) is 4. The Balaban J connectivity index is 0.000000488. The van der Waals surface area contributed by atoms with E-state index in [-0.39, 0.29) is 34.2 Å². The van der Waals surface area contributed by atoms with Crippen LogP contribution in [0.3, 0.4) is 0 Å². The molecule has 1 atom stereocenters. The van der Waals surface area contributed by atoms with Gasteiger partial charge in [0.05, 0.1) is 11.1 Å². The fourth-order valence-corrected chi connectivity index (χ4v) is 2.65. The summed E-state index contributed by atoms with van der Waals surface area (Å²) in [6.45, 7) is 7.41. The Labute approximate surface area is 185 Å². The van der Waals surface area contributed by atoms with E-state index in [9.17, 15) is 18.4 Å². The second-order valence-electron chi connectivity index (χ2n) is 8.01. The summed E-state index contributed by atoms with van der Waals surface area (Å²) >= 11 is 6.02. The fraction of sp³-hybridized carbons (Fsp3) is 0.409. The summed E-state index contributed by atoms with van der Waals surface area (Å²) in [6.07, 6.45) is 1.68. The number of carbonyl (C=O) groups excluding carboxylic acids is 2. The van der Waals surface area contributed by atoms with Crippen molar-refractivity contribution < 1.29 is 23.1 Å². The van der Waals surface area contributed by atoms with Crippen LogP contribution >= 0.6 is 11.6 Å². The molecule has 1 aromatic carbocycles. The Hall–Kier alpha value is -2.74. The standard InChI is InChI=1S/C18H19ClF2N2O2.C4H7NO/c1-11-8-13(6-7-22-11)12(2)23-17(24)14-4-5-16(15(19)9-14)25-10-18(3,20)21;1-4(2)3(6)5-4/h4-9,12H,10H2,1-3H3,(H,23,24);1-2H3,(H,5,6). The van der Waals surface area contributed by atoms with Gasteiger partial charge in [-0.3, -0.25) is 14.6 Å². The Kier molecular flexibility index (Phi) is 7.59. The number of nitrogens with zero attached hydrogens (tertiary/aromatic N) is 1. The first kappa shape index (κ1) is 24.5. The van der Waals surface area contributed by atoms with Gasteiger partial charge in [0.25, 0.3) is 11.8 Å². The SMILES string of the molecule is CC1(C)NC1=O.Cc1cc(C(C)NC(=O)c2ccc(OCC(C)(F)F)c(Cl)c2)ccn1. The summed E-state index contributed by atoms with van der Waals surface area (Å²) < 4.78 is 30.7. The van der Waals surface area contributed by atoms with E-state index in [4.69, 9.17) is 16.3 Å². The molecule has 1 fully saturated rings. The number of rotatable bonds is 6. The topological polar surface area (TPSA) is 90.2 Å². The molecule has 2 N–H and O–H groups in total. The fourth-order valence-electron chi connectivity index (χ4n) is 2.42. The maximum Gasteiger partial charge on any atom is 0.278 e. The Bertz CT molecular complexity index is 961. The smallest absolute Gasteiger partial charge is 0.278 e. The quantitative estimate of drug-likeness (QED) is 0.632. The Morgan fingerprint density at radius 3 is 2.42 bits per heavy atom. The maximum absolute atomic E-state index is 12.8. The summed E-state index contributed by atoms with van der Waals surface area (Å²) in [5.74, 6) is -3.02. The van der Waals surface area contributed by atoms with Gasteiger partial charge in [0.2, 0.25) is 5.91 Å². The number of aryl methyl sites for hydroxylation is 1. The van der Waals surface area contributed by atoms with Crippen molar-refractivity contribution in [2.24, 2.45) is 0 Å². The zero-order valence-electron chi connectivity index (χ0n) is 18.1. The largest absolute Gasteiger partial charge is 0.486 e. The molecule has 6 nitrogen and oxygen atoms in total. The molecule has 0 bridgehead atoms.